The Labute approximate surface area is 97.7 Å². The lowest BCUT2D eigenvalue weighted by molar-refractivity contribution is 0.112. The molecule has 86 valence electrons. The second kappa shape index (κ2) is 4.45. The first kappa shape index (κ1) is 11.5. The molecule has 0 fully saturated rings. The summed E-state index contributed by atoms with van der Waals surface area (Å²) in [6, 6.07) is 8.37. The molecule has 0 radical (unpaired) electrons. The number of aryl methyl sites for hydroxylation is 1. The molecule has 3 heteroatoms. The monoisotopic (exact) mass is 232 g/mol. The number of rotatable bonds is 2. The van der Waals surface area contributed by atoms with Gasteiger partial charge in [0.05, 0.1) is 0 Å². The predicted octanol–water partition coefficient (Wildman–Crippen LogP) is 3.75. The van der Waals surface area contributed by atoms with Gasteiger partial charge in [0, 0.05) is 11.6 Å². The number of carbonyl (C=O) groups excluding carboxylic acids is 1. The van der Waals surface area contributed by atoms with Crippen LogP contribution in [-0.4, -0.2) is 6.29 Å². The van der Waals surface area contributed by atoms with Crippen molar-refractivity contribution >= 4 is 6.29 Å². The lowest BCUT2D eigenvalue weighted by atomic mass is 9.98. The van der Waals surface area contributed by atoms with E-state index in [1.54, 1.807) is 25.1 Å². The van der Waals surface area contributed by atoms with Crippen molar-refractivity contribution in [1.29, 1.82) is 0 Å². The maximum atomic E-state index is 13.1. The molecule has 0 spiro atoms. The maximum Gasteiger partial charge on any atom is 0.150 e. The summed E-state index contributed by atoms with van der Waals surface area (Å²) in [5.41, 5.74) is 2.54. The quantitative estimate of drug-likeness (QED) is 0.720. The third-order valence-corrected chi connectivity index (χ3v) is 2.56. The zero-order valence-electron chi connectivity index (χ0n) is 9.21. The van der Waals surface area contributed by atoms with Crippen LogP contribution in [-0.2, 0) is 0 Å². The van der Waals surface area contributed by atoms with E-state index in [0.717, 1.165) is 17.9 Å². The van der Waals surface area contributed by atoms with Crippen LogP contribution in [0.15, 0.2) is 36.4 Å². The van der Waals surface area contributed by atoms with Gasteiger partial charge in [0.25, 0.3) is 0 Å². The zero-order valence-corrected chi connectivity index (χ0v) is 9.21. The minimum Gasteiger partial charge on any atom is -0.298 e. The molecule has 0 heterocycles. The smallest absolute Gasteiger partial charge is 0.150 e. The highest BCUT2D eigenvalue weighted by molar-refractivity contribution is 5.78. The van der Waals surface area contributed by atoms with Gasteiger partial charge in [-0.05, 0) is 41.8 Å². The molecule has 2 aromatic rings. The van der Waals surface area contributed by atoms with E-state index in [1.807, 2.05) is 0 Å². The average molecular weight is 232 g/mol. The summed E-state index contributed by atoms with van der Waals surface area (Å²) < 4.78 is 26.2. The normalized spacial score (nSPS) is 10.3. The molecule has 0 aliphatic carbocycles. The van der Waals surface area contributed by atoms with E-state index in [2.05, 4.69) is 0 Å². The van der Waals surface area contributed by atoms with E-state index >= 15 is 0 Å². The van der Waals surface area contributed by atoms with Crippen LogP contribution in [0.2, 0.25) is 0 Å². The molecule has 0 atom stereocenters. The number of benzene rings is 2. The second-order valence-corrected chi connectivity index (χ2v) is 3.85. The van der Waals surface area contributed by atoms with Gasteiger partial charge in [0.1, 0.15) is 17.9 Å². The summed E-state index contributed by atoms with van der Waals surface area (Å²) >= 11 is 0. The standard InChI is InChI=1S/C14H10F2O/c1-9-4-10(8-17)2-3-14(9)11-5-12(15)7-13(16)6-11/h2-8H,1H3. The Kier molecular flexibility index (Phi) is 3.00. The summed E-state index contributed by atoms with van der Waals surface area (Å²) in [5, 5.41) is 0. The fraction of sp³-hybridized carbons (Fsp3) is 0.0714. The average Bonchev–Trinajstić information content (AvgIpc) is 2.27. The number of hydrogen-bond acceptors (Lipinski definition) is 1. The highest BCUT2D eigenvalue weighted by atomic mass is 19.1. The van der Waals surface area contributed by atoms with Crippen LogP contribution in [0.25, 0.3) is 11.1 Å². The molecule has 17 heavy (non-hydrogen) atoms. The molecule has 0 aliphatic rings. The molecule has 2 rings (SSSR count). The summed E-state index contributed by atoms with van der Waals surface area (Å²) in [6.07, 6.45) is 0.739. The number of aldehydes is 1. The molecule has 1 nitrogen and oxygen atoms in total. The Bertz CT molecular complexity index is 556. The fourth-order valence-corrected chi connectivity index (χ4v) is 1.79. The number of carbonyl (C=O) groups is 1. The van der Waals surface area contributed by atoms with E-state index in [4.69, 9.17) is 0 Å². The van der Waals surface area contributed by atoms with E-state index < -0.39 is 11.6 Å². The lowest BCUT2D eigenvalue weighted by Gasteiger charge is -2.07. The third kappa shape index (κ3) is 2.38. The molecule has 0 aromatic heterocycles. The Morgan fingerprint density at radius 3 is 2.18 bits per heavy atom. The zero-order chi connectivity index (χ0) is 12.4. The molecule has 0 saturated heterocycles. The van der Waals surface area contributed by atoms with E-state index in [-0.39, 0.29) is 0 Å². The van der Waals surface area contributed by atoms with Crippen LogP contribution >= 0.6 is 0 Å². The van der Waals surface area contributed by atoms with Gasteiger partial charge in [-0.15, -0.1) is 0 Å². The Morgan fingerprint density at radius 1 is 1.00 bits per heavy atom. The Morgan fingerprint density at radius 2 is 1.65 bits per heavy atom. The van der Waals surface area contributed by atoms with Gasteiger partial charge >= 0.3 is 0 Å². The van der Waals surface area contributed by atoms with E-state index in [9.17, 15) is 13.6 Å². The van der Waals surface area contributed by atoms with Gasteiger partial charge in [0.15, 0.2) is 0 Å². The predicted molar refractivity (Wildman–Crippen MR) is 61.9 cm³/mol. The maximum absolute atomic E-state index is 13.1. The molecule has 0 bridgehead atoms. The largest absolute Gasteiger partial charge is 0.298 e. The highest BCUT2D eigenvalue weighted by Gasteiger charge is 2.06. The summed E-state index contributed by atoms with van der Waals surface area (Å²) in [4.78, 5) is 10.6. The van der Waals surface area contributed by atoms with Crippen molar-refractivity contribution in [1.82, 2.24) is 0 Å². The van der Waals surface area contributed by atoms with Crippen molar-refractivity contribution < 1.29 is 13.6 Å². The van der Waals surface area contributed by atoms with Crippen LogP contribution in [0.5, 0.6) is 0 Å². The van der Waals surface area contributed by atoms with Gasteiger partial charge in [-0.25, -0.2) is 8.78 Å². The molecule has 0 N–H and O–H groups in total. The first-order valence-corrected chi connectivity index (χ1v) is 5.12. The van der Waals surface area contributed by atoms with Gasteiger partial charge in [0.2, 0.25) is 0 Å². The van der Waals surface area contributed by atoms with Crippen LogP contribution in [0.4, 0.5) is 8.78 Å². The van der Waals surface area contributed by atoms with Crippen LogP contribution in [0, 0.1) is 18.6 Å². The van der Waals surface area contributed by atoms with Crippen LogP contribution in [0.3, 0.4) is 0 Å². The van der Waals surface area contributed by atoms with Gasteiger partial charge in [-0.3, -0.25) is 4.79 Å². The highest BCUT2D eigenvalue weighted by Crippen LogP contribution is 2.25. The number of hydrogen-bond donors (Lipinski definition) is 0. The fourth-order valence-electron chi connectivity index (χ4n) is 1.79. The second-order valence-electron chi connectivity index (χ2n) is 3.85. The van der Waals surface area contributed by atoms with Gasteiger partial charge < -0.3 is 0 Å². The SMILES string of the molecule is Cc1cc(C=O)ccc1-c1cc(F)cc(F)c1. The van der Waals surface area contributed by atoms with Crippen molar-refractivity contribution in [3.8, 4) is 11.1 Å². The van der Waals surface area contributed by atoms with E-state index in [0.29, 0.717) is 16.7 Å². The summed E-state index contributed by atoms with van der Waals surface area (Å²) in [7, 11) is 0. The van der Waals surface area contributed by atoms with Crippen LogP contribution in [0.1, 0.15) is 15.9 Å². The Hall–Kier alpha value is -2.03. The molecule has 2 aromatic carbocycles. The minimum atomic E-state index is -0.612. The lowest BCUT2D eigenvalue weighted by Crippen LogP contribution is -1.89. The van der Waals surface area contributed by atoms with Crippen molar-refractivity contribution in [2.75, 3.05) is 0 Å². The minimum absolute atomic E-state index is 0.470. The van der Waals surface area contributed by atoms with Crippen molar-refractivity contribution in [3.63, 3.8) is 0 Å². The van der Waals surface area contributed by atoms with Gasteiger partial charge in [-0.1, -0.05) is 12.1 Å². The number of halogens is 2. The van der Waals surface area contributed by atoms with Gasteiger partial charge in [-0.2, -0.15) is 0 Å². The van der Waals surface area contributed by atoms with Crippen molar-refractivity contribution in [3.05, 3.63) is 59.2 Å². The molecule has 0 amide bonds. The first-order chi connectivity index (χ1) is 8.10. The van der Waals surface area contributed by atoms with Crippen molar-refractivity contribution in [2.45, 2.75) is 6.92 Å². The molecular formula is C14H10F2O. The third-order valence-electron chi connectivity index (χ3n) is 2.56. The summed E-state index contributed by atoms with van der Waals surface area (Å²) in [5.74, 6) is -1.22. The summed E-state index contributed by atoms with van der Waals surface area (Å²) in [6.45, 7) is 1.80. The van der Waals surface area contributed by atoms with Crippen LogP contribution < -0.4 is 0 Å². The molecular weight excluding hydrogens is 222 g/mol. The van der Waals surface area contributed by atoms with Crippen molar-refractivity contribution in [2.24, 2.45) is 0 Å². The first-order valence-electron chi connectivity index (χ1n) is 5.12. The molecule has 0 aliphatic heterocycles. The topological polar surface area (TPSA) is 17.1 Å². The molecule has 0 unspecified atom stereocenters. The van der Waals surface area contributed by atoms with E-state index in [1.165, 1.54) is 12.1 Å². The Balaban J connectivity index is 2.56. The molecule has 0 saturated carbocycles.